The quantitative estimate of drug-likeness (QED) is 0.853. The van der Waals surface area contributed by atoms with Gasteiger partial charge in [0.2, 0.25) is 5.91 Å². The number of ether oxygens (including phenoxy) is 1. The molecule has 3 N–H and O–H groups in total. The molecule has 1 fully saturated rings. The number of carbonyl (C=O) groups is 2. The van der Waals surface area contributed by atoms with Gasteiger partial charge in [-0.05, 0) is 30.9 Å². The first-order valence-corrected chi connectivity index (χ1v) is 8.42. The van der Waals surface area contributed by atoms with Crippen LogP contribution in [-0.4, -0.2) is 49.0 Å². The second-order valence-corrected chi connectivity index (χ2v) is 6.56. The summed E-state index contributed by atoms with van der Waals surface area (Å²) in [7, 11) is 1.52. The molecule has 0 saturated carbocycles. The average Bonchev–Trinajstić information content (AvgIpc) is 2.59. The molecule has 1 aliphatic heterocycles. The van der Waals surface area contributed by atoms with E-state index in [1.165, 1.54) is 7.11 Å². The summed E-state index contributed by atoms with van der Waals surface area (Å²) in [5, 5.41) is 2.87. The molecule has 24 heavy (non-hydrogen) atoms. The number of piperidine rings is 1. The molecular formula is C18H27N3O3. The fourth-order valence-electron chi connectivity index (χ4n) is 2.88. The van der Waals surface area contributed by atoms with E-state index < -0.39 is 6.04 Å². The van der Waals surface area contributed by atoms with Crippen LogP contribution < -0.4 is 15.8 Å². The monoisotopic (exact) mass is 333 g/mol. The Morgan fingerprint density at radius 3 is 2.46 bits per heavy atom. The molecular weight excluding hydrogens is 306 g/mol. The Balaban J connectivity index is 2.10. The molecule has 0 aromatic heterocycles. The number of nitrogens with one attached hydrogen (secondary N) is 1. The van der Waals surface area contributed by atoms with E-state index in [0.717, 1.165) is 12.8 Å². The van der Waals surface area contributed by atoms with Crippen LogP contribution in [0.2, 0.25) is 0 Å². The van der Waals surface area contributed by atoms with Gasteiger partial charge in [0.25, 0.3) is 5.91 Å². The van der Waals surface area contributed by atoms with Crippen molar-refractivity contribution in [3.63, 3.8) is 0 Å². The third kappa shape index (κ3) is 4.26. The van der Waals surface area contributed by atoms with Crippen LogP contribution in [0.1, 0.15) is 37.0 Å². The zero-order valence-electron chi connectivity index (χ0n) is 14.6. The van der Waals surface area contributed by atoms with Gasteiger partial charge in [0, 0.05) is 19.1 Å². The second-order valence-electron chi connectivity index (χ2n) is 6.56. The van der Waals surface area contributed by atoms with Crippen molar-refractivity contribution in [2.24, 2.45) is 11.7 Å². The maximum Gasteiger partial charge on any atom is 0.255 e. The first kappa shape index (κ1) is 18.3. The SMILES string of the molecule is COc1ccccc1C(=O)NC(C(=O)N1CCC(N)CC1)C(C)C. The maximum atomic E-state index is 12.8. The van der Waals surface area contributed by atoms with Crippen molar-refractivity contribution >= 4 is 11.8 Å². The fraction of sp³-hybridized carbons (Fsp3) is 0.556. The number of nitrogens with zero attached hydrogens (tertiary/aromatic N) is 1. The molecule has 1 heterocycles. The van der Waals surface area contributed by atoms with Crippen LogP contribution in [-0.2, 0) is 4.79 Å². The normalized spacial score (nSPS) is 16.8. The molecule has 1 unspecified atom stereocenters. The van der Waals surface area contributed by atoms with Gasteiger partial charge in [-0.15, -0.1) is 0 Å². The lowest BCUT2D eigenvalue weighted by Crippen LogP contribution is -2.54. The first-order valence-electron chi connectivity index (χ1n) is 8.42. The maximum absolute atomic E-state index is 12.8. The van der Waals surface area contributed by atoms with Crippen molar-refractivity contribution in [1.82, 2.24) is 10.2 Å². The third-order valence-electron chi connectivity index (χ3n) is 4.42. The molecule has 132 valence electrons. The zero-order chi connectivity index (χ0) is 17.7. The Kier molecular flexibility index (Phi) is 6.20. The number of rotatable bonds is 5. The van der Waals surface area contributed by atoms with Gasteiger partial charge in [0.05, 0.1) is 12.7 Å². The number of carbonyl (C=O) groups excluding carboxylic acids is 2. The second kappa shape index (κ2) is 8.15. The summed E-state index contributed by atoms with van der Waals surface area (Å²) in [6.07, 6.45) is 1.61. The summed E-state index contributed by atoms with van der Waals surface area (Å²) in [6.45, 7) is 5.16. The first-order chi connectivity index (χ1) is 11.4. The van der Waals surface area contributed by atoms with Crippen LogP contribution in [0, 0.1) is 5.92 Å². The van der Waals surface area contributed by atoms with Crippen LogP contribution in [0.5, 0.6) is 5.75 Å². The summed E-state index contributed by atoms with van der Waals surface area (Å²) in [6, 6.07) is 6.60. The van der Waals surface area contributed by atoms with Crippen molar-refractivity contribution in [2.45, 2.75) is 38.8 Å². The molecule has 1 saturated heterocycles. The molecule has 1 atom stereocenters. The average molecular weight is 333 g/mol. The third-order valence-corrected chi connectivity index (χ3v) is 4.42. The number of hydrogen-bond acceptors (Lipinski definition) is 4. The molecule has 0 aliphatic carbocycles. The Labute approximate surface area is 143 Å². The lowest BCUT2D eigenvalue weighted by Gasteiger charge is -2.34. The smallest absolute Gasteiger partial charge is 0.255 e. The van der Waals surface area contributed by atoms with Gasteiger partial charge in [0.15, 0.2) is 0 Å². The van der Waals surface area contributed by atoms with Crippen LogP contribution in [0.4, 0.5) is 0 Å². The van der Waals surface area contributed by atoms with Gasteiger partial charge in [0.1, 0.15) is 11.8 Å². The number of methoxy groups -OCH3 is 1. The molecule has 0 radical (unpaired) electrons. The molecule has 2 amide bonds. The zero-order valence-corrected chi connectivity index (χ0v) is 14.6. The van der Waals surface area contributed by atoms with Crippen molar-refractivity contribution in [3.05, 3.63) is 29.8 Å². The minimum atomic E-state index is -0.559. The van der Waals surface area contributed by atoms with E-state index in [0.29, 0.717) is 24.4 Å². The summed E-state index contributed by atoms with van der Waals surface area (Å²) >= 11 is 0. The van der Waals surface area contributed by atoms with E-state index in [4.69, 9.17) is 10.5 Å². The molecule has 1 aliphatic rings. The van der Waals surface area contributed by atoms with E-state index in [1.807, 2.05) is 13.8 Å². The van der Waals surface area contributed by atoms with E-state index in [9.17, 15) is 9.59 Å². The standard InChI is InChI=1S/C18H27N3O3/c1-12(2)16(18(23)21-10-8-13(19)9-11-21)20-17(22)14-6-4-5-7-15(14)24-3/h4-7,12-13,16H,8-11,19H2,1-3H3,(H,20,22). The van der Waals surface area contributed by atoms with Crippen molar-refractivity contribution in [3.8, 4) is 5.75 Å². The Hall–Kier alpha value is -2.08. The summed E-state index contributed by atoms with van der Waals surface area (Å²) < 4.78 is 5.23. The van der Waals surface area contributed by atoms with E-state index in [1.54, 1.807) is 29.2 Å². The van der Waals surface area contributed by atoms with E-state index in [-0.39, 0.29) is 23.8 Å². The highest BCUT2D eigenvalue weighted by molar-refractivity contribution is 5.99. The molecule has 6 nitrogen and oxygen atoms in total. The molecule has 2 rings (SSSR count). The largest absolute Gasteiger partial charge is 0.496 e. The molecule has 0 bridgehead atoms. The number of nitrogens with two attached hydrogens (primary N) is 1. The predicted octanol–water partition coefficient (Wildman–Crippen LogP) is 1.40. The van der Waals surface area contributed by atoms with Crippen LogP contribution >= 0.6 is 0 Å². The number of likely N-dealkylation sites (tertiary alicyclic amines) is 1. The van der Waals surface area contributed by atoms with E-state index >= 15 is 0 Å². The highest BCUT2D eigenvalue weighted by Crippen LogP contribution is 2.19. The van der Waals surface area contributed by atoms with Gasteiger partial charge in [-0.1, -0.05) is 26.0 Å². The lowest BCUT2D eigenvalue weighted by molar-refractivity contribution is -0.135. The van der Waals surface area contributed by atoms with Crippen LogP contribution in [0.15, 0.2) is 24.3 Å². The number of hydrogen-bond donors (Lipinski definition) is 2. The van der Waals surface area contributed by atoms with Crippen molar-refractivity contribution < 1.29 is 14.3 Å². The lowest BCUT2D eigenvalue weighted by atomic mass is 9.99. The minimum Gasteiger partial charge on any atom is -0.496 e. The Bertz CT molecular complexity index is 581. The van der Waals surface area contributed by atoms with Crippen LogP contribution in [0.25, 0.3) is 0 Å². The number of amides is 2. The molecule has 1 aromatic carbocycles. The van der Waals surface area contributed by atoms with Crippen LogP contribution in [0.3, 0.4) is 0 Å². The molecule has 1 aromatic rings. The van der Waals surface area contributed by atoms with Gasteiger partial charge in [-0.2, -0.15) is 0 Å². The number of para-hydroxylation sites is 1. The highest BCUT2D eigenvalue weighted by atomic mass is 16.5. The Morgan fingerprint density at radius 2 is 1.88 bits per heavy atom. The van der Waals surface area contributed by atoms with Crippen molar-refractivity contribution in [2.75, 3.05) is 20.2 Å². The topological polar surface area (TPSA) is 84.7 Å². The minimum absolute atomic E-state index is 0.00763. The summed E-state index contributed by atoms with van der Waals surface area (Å²) in [5.41, 5.74) is 6.33. The fourth-order valence-corrected chi connectivity index (χ4v) is 2.88. The van der Waals surface area contributed by atoms with Gasteiger partial charge < -0.3 is 20.7 Å². The molecule has 0 spiro atoms. The van der Waals surface area contributed by atoms with Gasteiger partial charge in [-0.3, -0.25) is 9.59 Å². The highest BCUT2D eigenvalue weighted by Gasteiger charge is 2.31. The number of benzene rings is 1. The van der Waals surface area contributed by atoms with Gasteiger partial charge in [-0.25, -0.2) is 0 Å². The van der Waals surface area contributed by atoms with E-state index in [2.05, 4.69) is 5.32 Å². The summed E-state index contributed by atoms with van der Waals surface area (Å²) in [4.78, 5) is 27.2. The molecule has 6 heteroatoms. The van der Waals surface area contributed by atoms with Gasteiger partial charge >= 0.3 is 0 Å². The predicted molar refractivity (Wildman–Crippen MR) is 92.9 cm³/mol. The summed E-state index contributed by atoms with van der Waals surface area (Å²) in [5.74, 6) is 0.147. The van der Waals surface area contributed by atoms with Crippen molar-refractivity contribution in [1.29, 1.82) is 0 Å². The Morgan fingerprint density at radius 1 is 1.25 bits per heavy atom.